The van der Waals surface area contributed by atoms with Gasteiger partial charge in [-0.3, -0.25) is 0 Å². The molecule has 27 heavy (non-hydrogen) atoms. The van der Waals surface area contributed by atoms with Gasteiger partial charge in [-0.25, -0.2) is 9.97 Å². The zero-order chi connectivity index (χ0) is 18.2. The van der Waals surface area contributed by atoms with Gasteiger partial charge >= 0.3 is 0 Å². The monoisotopic (exact) mass is 361 g/mol. The first-order chi connectivity index (χ1) is 13.3. The van der Waals surface area contributed by atoms with Crippen LogP contribution in [0, 0.1) is 6.92 Å². The molecule has 4 aromatic heterocycles. The molecule has 0 spiro atoms. The number of hydrogen-bond donors (Lipinski definition) is 0. The standard InChI is InChI=1S/C19H19N7O/c1-14-13-17(25-10-8-24(9-11-25)16-6-2-3-7-20-16)26-19(21-14)22-18(23-26)15-5-4-12-27-15/h2-7,12-13H,8-11H2,1H3. The van der Waals surface area contributed by atoms with Gasteiger partial charge in [-0.1, -0.05) is 6.07 Å². The van der Waals surface area contributed by atoms with Crippen molar-refractivity contribution in [3.8, 4) is 11.6 Å². The molecule has 5 rings (SSSR count). The van der Waals surface area contributed by atoms with E-state index in [1.165, 1.54) is 0 Å². The van der Waals surface area contributed by atoms with Crippen molar-refractivity contribution in [2.45, 2.75) is 6.92 Å². The number of rotatable bonds is 3. The molecule has 0 bridgehead atoms. The normalized spacial score (nSPS) is 14.9. The topological polar surface area (TPSA) is 75.6 Å². The van der Waals surface area contributed by atoms with E-state index in [0.29, 0.717) is 17.4 Å². The SMILES string of the molecule is Cc1cc(N2CCN(c3ccccn3)CC2)n2nc(-c3ccco3)nc2n1. The molecule has 0 unspecified atom stereocenters. The minimum atomic E-state index is 0.548. The number of nitrogens with zero attached hydrogens (tertiary/aromatic N) is 7. The zero-order valence-corrected chi connectivity index (χ0v) is 15.0. The fourth-order valence-electron chi connectivity index (χ4n) is 3.41. The van der Waals surface area contributed by atoms with Crippen LogP contribution in [0.5, 0.6) is 0 Å². The molecule has 5 heterocycles. The van der Waals surface area contributed by atoms with Gasteiger partial charge in [0, 0.05) is 44.1 Å². The first kappa shape index (κ1) is 15.8. The van der Waals surface area contributed by atoms with Crippen molar-refractivity contribution in [3.63, 3.8) is 0 Å². The van der Waals surface area contributed by atoms with Gasteiger partial charge in [-0.2, -0.15) is 9.50 Å². The summed E-state index contributed by atoms with van der Waals surface area (Å²) in [6.45, 7) is 5.55. The van der Waals surface area contributed by atoms with E-state index < -0.39 is 0 Å². The number of hydrogen-bond acceptors (Lipinski definition) is 7. The number of fused-ring (bicyclic) bond motifs is 1. The first-order valence-corrected chi connectivity index (χ1v) is 8.97. The number of pyridine rings is 1. The van der Waals surface area contributed by atoms with Crippen LogP contribution in [0.3, 0.4) is 0 Å². The Bertz CT molecular complexity index is 1050. The molecule has 0 atom stereocenters. The lowest BCUT2D eigenvalue weighted by atomic mass is 10.3. The van der Waals surface area contributed by atoms with Crippen LogP contribution in [0.4, 0.5) is 11.6 Å². The summed E-state index contributed by atoms with van der Waals surface area (Å²) in [5.74, 6) is 3.80. The summed E-state index contributed by atoms with van der Waals surface area (Å²) < 4.78 is 7.24. The van der Waals surface area contributed by atoms with Gasteiger partial charge in [0.05, 0.1) is 6.26 Å². The molecule has 0 saturated carbocycles. The summed E-state index contributed by atoms with van der Waals surface area (Å²) in [6.07, 6.45) is 3.46. The van der Waals surface area contributed by atoms with Crippen molar-refractivity contribution in [2.24, 2.45) is 0 Å². The molecule has 1 aliphatic heterocycles. The predicted molar refractivity (Wildman–Crippen MR) is 102 cm³/mol. The lowest BCUT2D eigenvalue weighted by Gasteiger charge is -2.36. The maximum absolute atomic E-state index is 5.43. The maximum atomic E-state index is 5.43. The summed E-state index contributed by atoms with van der Waals surface area (Å²) in [5.41, 5.74) is 0.919. The second kappa shape index (κ2) is 6.39. The van der Waals surface area contributed by atoms with Crippen LogP contribution >= 0.6 is 0 Å². The van der Waals surface area contributed by atoms with Crippen LogP contribution in [0.1, 0.15) is 5.69 Å². The van der Waals surface area contributed by atoms with Gasteiger partial charge in [0.25, 0.3) is 5.78 Å². The van der Waals surface area contributed by atoms with E-state index in [1.54, 1.807) is 10.8 Å². The molecule has 8 heteroatoms. The lowest BCUT2D eigenvalue weighted by molar-refractivity contribution is 0.577. The summed E-state index contributed by atoms with van der Waals surface area (Å²) in [4.78, 5) is 18.1. The number of furan rings is 1. The number of aromatic nitrogens is 5. The van der Waals surface area contributed by atoms with Gasteiger partial charge in [-0.15, -0.1) is 5.10 Å². The van der Waals surface area contributed by atoms with E-state index >= 15 is 0 Å². The third-order valence-electron chi connectivity index (χ3n) is 4.74. The van der Waals surface area contributed by atoms with Crippen LogP contribution in [-0.4, -0.2) is 50.7 Å². The number of aryl methyl sites for hydroxylation is 1. The van der Waals surface area contributed by atoms with Crippen molar-refractivity contribution in [2.75, 3.05) is 36.0 Å². The third kappa shape index (κ3) is 2.88. The molecule has 0 amide bonds. The van der Waals surface area contributed by atoms with E-state index in [0.717, 1.165) is 43.5 Å². The van der Waals surface area contributed by atoms with Crippen LogP contribution in [-0.2, 0) is 0 Å². The quantitative estimate of drug-likeness (QED) is 0.555. The minimum Gasteiger partial charge on any atom is -0.461 e. The van der Waals surface area contributed by atoms with Gasteiger partial charge in [0.1, 0.15) is 11.6 Å². The summed E-state index contributed by atoms with van der Waals surface area (Å²) in [7, 11) is 0. The van der Waals surface area contributed by atoms with Gasteiger partial charge in [0.15, 0.2) is 5.76 Å². The fraction of sp³-hybridized carbons (Fsp3) is 0.263. The Balaban J connectivity index is 1.45. The summed E-state index contributed by atoms with van der Waals surface area (Å²) in [5, 5.41) is 4.63. The molecule has 1 fully saturated rings. The van der Waals surface area contributed by atoms with Crippen LogP contribution in [0.2, 0.25) is 0 Å². The van der Waals surface area contributed by atoms with E-state index in [-0.39, 0.29) is 0 Å². The molecule has 0 aliphatic carbocycles. The Morgan fingerprint density at radius 2 is 1.81 bits per heavy atom. The van der Waals surface area contributed by atoms with Crippen molar-refractivity contribution < 1.29 is 4.42 Å². The molecular weight excluding hydrogens is 342 g/mol. The summed E-state index contributed by atoms with van der Waals surface area (Å²) >= 11 is 0. The fourth-order valence-corrected chi connectivity index (χ4v) is 3.41. The van der Waals surface area contributed by atoms with E-state index in [2.05, 4.69) is 42.0 Å². The Kier molecular flexibility index (Phi) is 3.74. The molecule has 0 radical (unpaired) electrons. The zero-order valence-electron chi connectivity index (χ0n) is 15.0. The maximum Gasteiger partial charge on any atom is 0.254 e. The average molecular weight is 361 g/mol. The highest BCUT2D eigenvalue weighted by Gasteiger charge is 2.22. The van der Waals surface area contributed by atoms with E-state index in [4.69, 9.17) is 4.42 Å². The molecular formula is C19H19N7O. The molecule has 0 N–H and O–H groups in total. The molecule has 8 nitrogen and oxygen atoms in total. The van der Waals surface area contributed by atoms with Crippen molar-refractivity contribution >= 4 is 17.4 Å². The second-order valence-corrected chi connectivity index (χ2v) is 6.54. The van der Waals surface area contributed by atoms with Gasteiger partial charge in [-0.05, 0) is 31.2 Å². The highest BCUT2D eigenvalue weighted by atomic mass is 16.3. The van der Waals surface area contributed by atoms with Crippen LogP contribution in [0.15, 0.2) is 53.3 Å². The van der Waals surface area contributed by atoms with Crippen LogP contribution < -0.4 is 9.80 Å². The molecule has 0 aromatic carbocycles. The van der Waals surface area contributed by atoms with Crippen molar-refractivity contribution in [1.29, 1.82) is 0 Å². The number of piperazine rings is 1. The minimum absolute atomic E-state index is 0.548. The number of anilines is 2. The highest BCUT2D eigenvalue weighted by Crippen LogP contribution is 2.23. The Morgan fingerprint density at radius 1 is 0.963 bits per heavy atom. The smallest absolute Gasteiger partial charge is 0.254 e. The van der Waals surface area contributed by atoms with Crippen LogP contribution in [0.25, 0.3) is 17.4 Å². The molecule has 1 saturated heterocycles. The molecule has 1 aliphatic rings. The predicted octanol–water partition coefficient (Wildman–Crippen LogP) is 2.41. The average Bonchev–Trinajstić information content (AvgIpc) is 3.38. The lowest BCUT2D eigenvalue weighted by Crippen LogP contribution is -2.47. The van der Waals surface area contributed by atoms with Gasteiger partial charge < -0.3 is 14.2 Å². The second-order valence-electron chi connectivity index (χ2n) is 6.54. The van der Waals surface area contributed by atoms with E-state index in [1.807, 2.05) is 37.4 Å². The van der Waals surface area contributed by atoms with Gasteiger partial charge in [0.2, 0.25) is 5.82 Å². The Hall–Kier alpha value is -3.42. The van der Waals surface area contributed by atoms with Crippen molar-refractivity contribution in [3.05, 3.63) is 54.6 Å². The highest BCUT2D eigenvalue weighted by molar-refractivity contribution is 5.55. The summed E-state index contributed by atoms with van der Waals surface area (Å²) in [6, 6.07) is 11.8. The third-order valence-corrected chi connectivity index (χ3v) is 4.74. The molecule has 136 valence electrons. The van der Waals surface area contributed by atoms with E-state index in [9.17, 15) is 0 Å². The molecule has 4 aromatic rings. The Labute approximate surface area is 156 Å². The largest absolute Gasteiger partial charge is 0.461 e. The van der Waals surface area contributed by atoms with Crippen molar-refractivity contribution in [1.82, 2.24) is 24.6 Å². The Morgan fingerprint density at radius 3 is 2.56 bits per heavy atom. The first-order valence-electron chi connectivity index (χ1n) is 8.97.